The van der Waals surface area contributed by atoms with Crippen molar-refractivity contribution < 1.29 is 4.42 Å². The maximum Gasteiger partial charge on any atom is 0.220 e. The summed E-state index contributed by atoms with van der Waals surface area (Å²) in [6.07, 6.45) is 2.90. The number of rotatable bonds is 3. The van der Waals surface area contributed by atoms with Gasteiger partial charge in [0.25, 0.3) is 0 Å². The Bertz CT molecular complexity index is 494. The smallest absolute Gasteiger partial charge is 0.220 e. The highest BCUT2D eigenvalue weighted by Crippen LogP contribution is 2.24. The minimum atomic E-state index is 0. The Labute approximate surface area is 119 Å². The van der Waals surface area contributed by atoms with E-state index in [2.05, 4.69) is 27.6 Å². The molecule has 1 N–H and O–H groups in total. The van der Waals surface area contributed by atoms with Crippen LogP contribution in [0.25, 0.3) is 0 Å². The number of piperidine rings is 1. The predicted molar refractivity (Wildman–Crippen MR) is 75.6 cm³/mol. The van der Waals surface area contributed by atoms with E-state index < -0.39 is 0 Å². The van der Waals surface area contributed by atoms with Gasteiger partial charge in [-0.25, -0.2) is 0 Å². The first-order chi connectivity index (χ1) is 8.92. The highest BCUT2D eigenvalue weighted by Gasteiger charge is 2.20. The van der Waals surface area contributed by atoms with Crippen LogP contribution in [0.2, 0.25) is 0 Å². The summed E-state index contributed by atoms with van der Waals surface area (Å²) >= 11 is 0. The van der Waals surface area contributed by atoms with Crippen molar-refractivity contribution in [2.75, 3.05) is 13.1 Å². The van der Waals surface area contributed by atoms with Gasteiger partial charge in [-0.3, -0.25) is 0 Å². The number of nitrogens with one attached hydrogen (secondary N) is 1. The quantitative estimate of drug-likeness (QED) is 0.938. The molecule has 1 aliphatic rings. The molecule has 1 aromatic heterocycles. The second-order valence-electron chi connectivity index (χ2n) is 4.72. The van der Waals surface area contributed by atoms with Crippen LogP contribution in [0.4, 0.5) is 0 Å². The van der Waals surface area contributed by atoms with E-state index in [1.807, 2.05) is 18.2 Å². The minimum absolute atomic E-state index is 0. The van der Waals surface area contributed by atoms with E-state index in [-0.39, 0.29) is 12.4 Å². The number of hydrogen-bond donors (Lipinski definition) is 1. The molecule has 0 radical (unpaired) electrons. The number of halogens is 1. The molecule has 1 saturated heterocycles. The molecule has 5 heteroatoms. The molecule has 1 fully saturated rings. The van der Waals surface area contributed by atoms with Gasteiger partial charge in [-0.15, -0.1) is 22.6 Å². The zero-order chi connectivity index (χ0) is 12.2. The van der Waals surface area contributed by atoms with Crippen LogP contribution in [0, 0.1) is 0 Å². The molecule has 0 unspecified atom stereocenters. The molecule has 0 spiro atoms. The highest BCUT2D eigenvalue weighted by molar-refractivity contribution is 5.85. The third-order valence-electron chi connectivity index (χ3n) is 3.37. The van der Waals surface area contributed by atoms with Gasteiger partial charge >= 0.3 is 0 Å². The average Bonchev–Trinajstić information content (AvgIpc) is 2.89. The number of hydrogen-bond acceptors (Lipinski definition) is 4. The summed E-state index contributed by atoms with van der Waals surface area (Å²) in [6, 6.07) is 10.2. The Balaban J connectivity index is 0.00000133. The van der Waals surface area contributed by atoms with Crippen molar-refractivity contribution >= 4 is 12.4 Å². The first kappa shape index (κ1) is 14.0. The van der Waals surface area contributed by atoms with Gasteiger partial charge in [0.05, 0.1) is 6.42 Å². The minimum Gasteiger partial charge on any atom is -0.425 e. The van der Waals surface area contributed by atoms with Crippen LogP contribution in [-0.2, 0) is 6.42 Å². The normalized spacial score (nSPS) is 16.0. The molecule has 19 heavy (non-hydrogen) atoms. The van der Waals surface area contributed by atoms with Gasteiger partial charge in [0.1, 0.15) is 0 Å². The number of aromatic nitrogens is 2. The van der Waals surface area contributed by atoms with Gasteiger partial charge < -0.3 is 9.73 Å². The Hall–Kier alpha value is -1.39. The van der Waals surface area contributed by atoms with Crippen molar-refractivity contribution in [2.24, 2.45) is 0 Å². The van der Waals surface area contributed by atoms with Gasteiger partial charge in [0.2, 0.25) is 11.8 Å². The number of benzene rings is 1. The molecule has 0 saturated carbocycles. The molecule has 1 aliphatic heterocycles. The maximum absolute atomic E-state index is 5.78. The van der Waals surface area contributed by atoms with Crippen molar-refractivity contribution in [1.29, 1.82) is 0 Å². The summed E-state index contributed by atoms with van der Waals surface area (Å²) in [5.74, 6) is 1.96. The van der Waals surface area contributed by atoms with Crippen LogP contribution < -0.4 is 5.32 Å². The van der Waals surface area contributed by atoms with Crippen LogP contribution in [0.3, 0.4) is 0 Å². The van der Waals surface area contributed by atoms with Crippen molar-refractivity contribution in [3.05, 3.63) is 47.7 Å². The summed E-state index contributed by atoms with van der Waals surface area (Å²) in [4.78, 5) is 0. The lowest BCUT2D eigenvalue weighted by molar-refractivity contribution is 0.363. The molecule has 0 amide bonds. The number of nitrogens with zero attached hydrogens (tertiary/aromatic N) is 2. The van der Waals surface area contributed by atoms with E-state index in [0.717, 1.165) is 44.1 Å². The lowest BCUT2D eigenvalue weighted by Crippen LogP contribution is -2.26. The van der Waals surface area contributed by atoms with E-state index in [0.29, 0.717) is 5.92 Å². The maximum atomic E-state index is 5.78. The Morgan fingerprint density at radius 2 is 1.84 bits per heavy atom. The van der Waals surface area contributed by atoms with Crippen molar-refractivity contribution in [2.45, 2.75) is 25.2 Å². The summed E-state index contributed by atoms with van der Waals surface area (Å²) in [6.45, 7) is 2.09. The predicted octanol–water partition coefficient (Wildman–Crippen LogP) is 2.55. The molecular weight excluding hydrogens is 262 g/mol. The van der Waals surface area contributed by atoms with E-state index in [1.165, 1.54) is 5.56 Å². The van der Waals surface area contributed by atoms with E-state index in [4.69, 9.17) is 4.42 Å². The fourth-order valence-corrected chi connectivity index (χ4v) is 2.34. The Morgan fingerprint density at radius 1 is 1.11 bits per heavy atom. The summed E-state index contributed by atoms with van der Waals surface area (Å²) in [5, 5.41) is 11.7. The zero-order valence-electron chi connectivity index (χ0n) is 10.7. The van der Waals surface area contributed by atoms with Crippen LogP contribution in [-0.4, -0.2) is 23.3 Å². The van der Waals surface area contributed by atoms with Crippen LogP contribution in [0.15, 0.2) is 34.7 Å². The van der Waals surface area contributed by atoms with E-state index >= 15 is 0 Å². The molecule has 2 aromatic rings. The molecular formula is C14H18ClN3O. The van der Waals surface area contributed by atoms with Crippen molar-refractivity contribution in [3.8, 4) is 0 Å². The van der Waals surface area contributed by atoms with Crippen LogP contribution in [0.1, 0.15) is 36.1 Å². The standard InChI is InChI=1S/C14H17N3O.ClH/c1-2-4-11(5-3-1)10-13-16-17-14(18-13)12-6-8-15-9-7-12;/h1-5,12,15H,6-10H2;1H. The molecule has 0 atom stereocenters. The molecule has 0 aliphatic carbocycles. The summed E-state index contributed by atoms with van der Waals surface area (Å²) in [5.41, 5.74) is 1.21. The van der Waals surface area contributed by atoms with Gasteiger partial charge in [-0.05, 0) is 31.5 Å². The van der Waals surface area contributed by atoms with E-state index in [9.17, 15) is 0 Å². The van der Waals surface area contributed by atoms with Gasteiger partial charge in [-0.1, -0.05) is 30.3 Å². The zero-order valence-corrected chi connectivity index (χ0v) is 11.5. The van der Waals surface area contributed by atoms with Crippen LogP contribution in [0.5, 0.6) is 0 Å². The molecule has 102 valence electrons. The fraction of sp³-hybridized carbons (Fsp3) is 0.429. The molecule has 0 bridgehead atoms. The third kappa shape index (κ3) is 3.55. The van der Waals surface area contributed by atoms with Crippen molar-refractivity contribution in [1.82, 2.24) is 15.5 Å². The Kier molecular flexibility index (Phi) is 4.93. The fourth-order valence-electron chi connectivity index (χ4n) is 2.34. The monoisotopic (exact) mass is 279 g/mol. The Morgan fingerprint density at radius 3 is 2.58 bits per heavy atom. The first-order valence-electron chi connectivity index (χ1n) is 6.49. The molecule has 3 rings (SSSR count). The first-order valence-corrected chi connectivity index (χ1v) is 6.49. The topological polar surface area (TPSA) is 51.0 Å². The molecule has 1 aromatic carbocycles. The van der Waals surface area contributed by atoms with Gasteiger partial charge in [-0.2, -0.15) is 0 Å². The molecule has 2 heterocycles. The van der Waals surface area contributed by atoms with Gasteiger partial charge in [0.15, 0.2) is 0 Å². The summed E-state index contributed by atoms with van der Waals surface area (Å²) in [7, 11) is 0. The van der Waals surface area contributed by atoms with E-state index in [1.54, 1.807) is 0 Å². The van der Waals surface area contributed by atoms with Crippen LogP contribution >= 0.6 is 12.4 Å². The van der Waals surface area contributed by atoms with Gasteiger partial charge in [0, 0.05) is 5.92 Å². The molecule has 4 nitrogen and oxygen atoms in total. The second-order valence-corrected chi connectivity index (χ2v) is 4.72. The average molecular weight is 280 g/mol. The third-order valence-corrected chi connectivity index (χ3v) is 3.37. The SMILES string of the molecule is Cl.c1ccc(Cc2nnc(C3CCNCC3)o2)cc1. The lowest BCUT2D eigenvalue weighted by Gasteiger charge is -2.18. The largest absolute Gasteiger partial charge is 0.425 e. The highest BCUT2D eigenvalue weighted by atomic mass is 35.5. The van der Waals surface area contributed by atoms with Crippen molar-refractivity contribution in [3.63, 3.8) is 0 Å². The summed E-state index contributed by atoms with van der Waals surface area (Å²) < 4.78 is 5.78. The lowest BCUT2D eigenvalue weighted by atomic mass is 9.98. The second kappa shape index (κ2) is 6.68.